The summed E-state index contributed by atoms with van der Waals surface area (Å²) < 4.78 is 0.893. The van der Waals surface area contributed by atoms with Gasteiger partial charge in [0.1, 0.15) is 0 Å². The van der Waals surface area contributed by atoms with Crippen LogP contribution in [0.15, 0.2) is 27.6 Å². The second-order valence-corrected chi connectivity index (χ2v) is 6.17. The highest BCUT2D eigenvalue weighted by molar-refractivity contribution is 9.10. The summed E-state index contributed by atoms with van der Waals surface area (Å²) in [7, 11) is 0. The van der Waals surface area contributed by atoms with E-state index in [1.54, 1.807) is 12.1 Å². The summed E-state index contributed by atoms with van der Waals surface area (Å²) in [5.74, 6) is -0.877. The van der Waals surface area contributed by atoms with Gasteiger partial charge in [0, 0.05) is 14.6 Å². The molecule has 1 fully saturated rings. The SMILES string of the molecule is O=C(O)c1ccc(SC2CCCC2)c(Br)c1. The standard InChI is InChI=1S/C12H13BrO2S/c13-10-7-8(12(14)15)5-6-11(10)16-9-3-1-2-4-9/h5-7,9H,1-4H2,(H,14,15). The van der Waals surface area contributed by atoms with Crippen LogP contribution in [0, 0.1) is 0 Å². The van der Waals surface area contributed by atoms with Crippen LogP contribution in [-0.4, -0.2) is 16.3 Å². The van der Waals surface area contributed by atoms with E-state index in [-0.39, 0.29) is 0 Å². The molecule has 86 valence electrons. The second kappa shape index (κ2) is 5.23. The van der Waals surface area contributed by atoms with Crippen LogP contribution in [0.1, 0.15) is 36.0 Å². The van der Waals surface area contributed by atoms with Gasteiger partial charge in [-0.25, -0.2) is 4.79 Å². The maximum absolute atomic E-state index is 10.8. The van der Waals surface area contributed by atoms with Crippen molar-refractivity contribution in [3.05, 3.63) is 28.2 Å². The predicted molar refractivity (Wildman–Crippen MR) is 69.2 cm³/mol. The van der Waals surface area contributed by atoms with Gasteiger partial charge < -0.3 is 5.11 Å². The highest BCUT2D eigenvalue weighted by Gasteiger charge is 2.17. The molecule has 2 nitrogen and oxygen atoms in total. The molecule has 0 spiro atoms. The Morgan fingerprint density at radius 1 is 1.38 bits per heavy atom. The zero-order valence-electron chi connectivity index (χ0n) is 8.78. The summed E-state index contributed by atoms with van der Waals surface area (Å²) in [6.07, 6.45) is 5.20. The molecule has 0 amide bonds. The Morgan fingerprint density at radius 2 is 2.06 bits per heavy atom. The summed E-state index contributed by atoms with van der Waals surface area (Å²) in [5.41, 5.74) is 0.336. The number of carboxylic acid groups (broad SMARTS) is 1. The van der Waals surface area contributed by atoms with E-state index in [2.05, 4.69) is 15.9 Å². The number of thioether (sulfide) groups is 1. The molecule has 4 heteroatoms. The van der Waals surface area contributed by atoms with Gasteiger partial charge in [-0.3, -0.25) is 0 Å². The molecular formula is C12H13BrO2S. The van der Waals surface area contributed by atoms with Crippen molar-refractivity contribution in [1.82, 2.24) is 0 Å². The maximum Gasteiger partial charge on any atom is 0.335 e. The molecule has 1 aromatic carbocycles. The summed E-state index contributed by atoms with van der Waals surface area (Å²) in [5, 5.41) is 9.56. The average Bonchev–Trinajstić information content (AvgIpc) is 2.73. The van der Waals surface area contributed by atoms with Crippen LogP contribution in [0.2, 0.25) is 0 Å². The Hall–Kier alpha value is -0.480. The first-order chi connectivity index (χ1) is 7.66. The second-order valence-electron chi connectivity index (χ2n) is 3.97. The topological polar surface area (TPSA) is 37.3 Å². The lowest BCUT2D eigenvalue weighted by Gasteiger charge is -2.10. The molecular weight excluding hydrogens is 288 g/mol. The Kier molecular flexibility index (Phi) is 3.92. The van der Waals surface area contributed by atoms with Crippen molar-refractivity contribution in [3.63, 3.8) is 0 Å². The van der Waals surface area contributed by atoms with Crippen molar-refractivity contribution in [1.29, 1.82) is 0 Å². The first kappa shape index (κ1) is 12.0. The lowest BCUT2D eigenvalue weighted by Crippen LogP contribution is -1.97. The first-order valence-electron chi connectivity index (χ1n) is 5.36. The fourth-order valence-corrected chi connectivity index (χ4v) is 3.82. The highest BCUT2D eigenvalue weighted by Crippen LogP contribution is 2.38. The fourth-order valence-electron chi connectivity index (χ4n) is 1.92. The van der Waals surface area contributed by atoms with Gasteiger partial charge in [0.25, 0.3) is 0 Å². The summed E-state index contributed by atoms with van der Waals surface area (Å²) in [6, 6.07) is 5.25. The highest BCUT2D eigenvalue weighted by atomic mass is 79.9. The van der Waals surface area contributed by atoms with Gasteiger partial charge in [0.2, 0.25) is 0 Å². The van der Waals surface area contributed by atoms with Crippen molar-refractivity contribution in [2.75, 3.05) is 0 Å². The monoisotopic (exact) mass is 300 g/mol. The molecule has 2 rings (SSSR count). The number of benzene rings is 1. The molecule has 0 bridgehead atoms. The van der Waals surface area contributed by atoms with Gasteiger partial charge in [0.05, 0.1) is 5.56 Å². The number of hydrogen-bond acceptors (Lipinski definition) is 2. The smallest absolute Gasteiger partial charge is 0.335 e. The molecule has 16 heavy (non-hydrogen) atoms. The van der Waals surface area contributed by atoms with E-state index >= 15 is 0 Å². The molecule has 0 aliphatic heterocycles. The van der Waals surface area contributed by atoms with Crippen LogP contribution in [0.25, 0.3) is 0 Å². The third kappa shape index (κ3) is 2.80. The van der Waals surface area contributed by atoms with E-state index < -0.39 is 5.97 Å². The van der Waals surface area contributed by atoms with Crippen molar-refractivity contribution in [2.45, 2.75) is 35.8 Å². The molecule has 1 aliphatic carbocycles. The summed E-state index contributed by atoms with van der Waals surface area (Å²) in [4.78, 5) is 11.9. The van der Waals surface area contributed by atoms with Gasteiger partial charge in [-0.05, 0) is 47.0 Å². The molecule has 1 aliphatic rings. The molecule has 0 aromatic heterocycles. The zero-order chi connectivity index (χ0) is 11.5. The Labute approximate surface area is 108 Å². The van der Waals surface area contributed by atoms with Crippen LogP contribution in [0.4, 0.5) is 0 Å². The fraction of sp³-hybridized carbons (Fsp3) is 0.417. The molecule has 1 aromatic rings. The Bertz CT molecular complexity index is 400. The van der Waals surface area contributed by atoms with Crippen molar-refractivity contribution in [3.8, 4) is 0 Å². The van der Waals surface area contributed by atoms with Crippen molar-refractivity contribution >= 4 is 33.7 Å². The van der Waals surface area contributed by atoms with E-state index in [0.717, 1.165) is 9.37 Å². The minimum absolute atomic E-state index is 0.336. The molecule has 0 saturated heterocycles. The van der Waals surface area contributed by atoms with Gasteiger partial charge in [-0.1, -0.05) is 12.8 Å². The minimum Gasteiger partial charge on any atom is -0.478 e. The van der Waals surface area contributed by atoms with Gasteiger partial charge in [-0.15, -0.1) is 11.8 Å². The third-order valence-electron chi connectivity index (χ3n) is 2.77. The van der Waals surface area contributed by atoms with Crippen LogP contribution < -0.4 is 0 Å². The normalized spacial score (nSPS) is 16.6. The lowest BCUT2D eigenvalue weighted by atomic mass is 10.2. The molecule has 0 heterocycles. The van der Waals surface area contributed by atoms with E-state index in [1.165, 1.54) is 25.7 Å². The zero-order valence-corrected chi connectivity index (χ0v) is 11.2. The van der Waals surface area contributed by atoms with Gasteiger partial charge in [-0.2, -0.15) is 0 Å². The number of hydrogen-bond donors (Lipinski definition) is 1. The van der Waals surface area contributed by atoms with E-state index in [0.29, 0.717) is 10.8 Å². The Balaban J connectivity index is 2.12. The molecule has 1 saturated carbocycles. The van der Waals surface area contributed by atoms with E-state index in [1.807, 2.05) is 17.8 Å². The van der Waals surface area contributed by atoms with Crippen LogP contribution in [0.3, 0.4) is 0 Å². The first-order valence-corrected chi connectivity index (χ1v) is 7.03. The number of carbonyl (C=O) groups is 1. The van der Waals surface area contributed by atoms with Crippen molar-refractivity contribution in [2.24, 2.45) is 0 Å². The molecule has 0 unspecified atom stereocenters. The summed E-state index contributed by atoms with van der Waals surface area (Å²) in [6.45, 7) is 0. The summed E-state index contributed by atoms with van der Waals surface area (Å²) >= 11 is 5.30. The van der Waals surface area contributed by atoms with Crippen LogP contribution >= 0.6 is 27.7 Å². The maximum atomic E-state index is 10.8. The third-order valence-corrected chi connectivity index (χ3v) is 5.11. The minimum atomic E-state index is -0.877. The van der Waals surface area contributed by atoms with Gasteiger partial charge >= 0.3 is 5.97 Å². The quantitative estimate of drug-likeness (QED) is 0.910. The van der Waals surface area contributed by atoms with Crippen molar-refractivity contribution < 1.29 is 9.90 Å². The lowest BCUT2D eigenvalue weighted by molar-refractivity contribution is 0.0696. The molecule has 1 N–H and O–H groups in total. The molecule has 0 radical (unpaired) electrons. The largest absolute Gasteiger partial charge is 0.478 e. The van der Waals surface area contributed by atoms with Crippen LogP contribution in [-0.2, 0) is 0 Å². The number of halogens is 1. The van der Waals surface area contributed by atoms with E-state index in [9.17, 15) is 4.79 Å². The number of aromatic carboxylic acids is 1. The number of carboxylic acids is 1. The average molecular weight is 301 g/mol. The predicted octanol–water partition coefficient (Wildman–Crippen LogP) is 4.18. The number of rotatable bonds is 3. The van der Waals surface area contributed by atoms with Gasteiger partial charge in [0.15, 0.2) is 0 Å². The molecule has 0 atom stereocenters. The van der Waals surface area contributed by atoms with E-state index in [4.69, 9.17) is 5.11 Å². The Morgan fingerprint density at radius 3 is 2.62 bits per heavy atom. The van der Waals surface area contributed by atoms with Crippen LogP contribution in [0.5, 0.6) is 0 Å².